The van der Waals surface area contributed by atoms with E-state index in [9.17, 15) is 9.59 Å². The molecule has 0 radical (unpaired) electrons. The van der Waals surface area contributed by atoms with Crippen molar-refractivity contribution in [2.45, 2.75) is 6.92 Å². The van der Waals surface area contributed by atoms with E-state index >= 15 is 0 Å². The fraction of sp³-hybridized carbons (Fsp3) is 0.0714. The van der Waals surface area contributed by atoms with Crippen molar-refractivity contribution >= 4 is 29.3 Å². The van der Waals surface area contributed by atoms with Gasteiger partial charge in [0.2, 0.25) is 0 Å². The minimum Gasteiger partial charge on any atom is -0.477 e. The van der Waals surface area contributed by atoms with Gasteiger partial charge in [-0.05, 0) is 36.8 Å². The summed E-state index contributed by atoms with van der Waals surface area (Å²) < 4.78 is 0. The summed E-state index contributed by atoms with van der Waals surface area (Å²) >= 11 is 5.95. The predicted molar refractivity (Wildman–Crippen MR) is 75.3 cm³/mol. The lowest BCUT2D eigenvalue weighted by Crippen LogP contribution is -2.14. The van der Waals surface area contributed by atoms with Crippen LogP contribution in [0.1, 0.15) is 26.4 Å². The Labute approximate surface area is 120 Å². The third-order valence-corrected chi connectivity index (χ3v) is 3.05. The summed E-state index contributed by atoms with van der Waals surface area (Å²) in [5.41, 5.74) is 1.11. The van der Waals surface area contributed by atoms with Gasteiger partial charge in [-0.3, -0.25) is 4.79 Å². The molecule has 1 heterocycles. The number of benzene rings is 1. The van der Waals surface area contributed by atoms with Crippen LogP contribution in [0.15, 0.2) is 36.4 Å². The maximum Gasteiger partial charge on any atom is 0.354 e. The molecule has 1 aromatic heterocycles. The van der Waals surface area contributed by atoms with E-state index in [1.165, 1.54) is 18.2 Å². The normalized spacial score (nSPS) is 10.1. The molecule has 0 atom stereocenters. The summed E-state index contributed by atoms with van der Waals surface area (Å²) in [6, 6.07) is 9.29. The van der Waals surface area contributed by atoms with Crippen molar-refractivity contribution in [2.75, 3.05) is 5.32 Å². The van der Waals surface area contributed by atoms with Crippen LogP contribution in [0.25, 0.3) is 0 Å². The zero-order valence-corrected chi connectivity index (χ0v) is 11.3. The Kier molecular flexibility index (Phi) is 4.00. The number of pyridine rings is 1. The smallest absolute Gasteiger partial charge is 0.354 e. The first-order valence-corrected chi connectivity index (χ1v) is 6.13. The fourth-order valence-corrected chi connectivity index (χ4v) is 1.73. The Morgan fingerprint density at radius 3 is 2.65 bits per heavy atom. The highest BCUT2D eigenvalue weighted by molar-refractivity contribution is 6.31. The molecule has 2 rings (SSSR count). The molecule has 0 fully saturated rings. The molecular weight excluding hydrogens is 280 g/mol. The van der Waals surface area contributed by atoms with Gasteiger partial charge in [-0.2, -0.15) is 0 Å². The van der Waals surface area contributed by atoms with E-state index < -0.39 is 11.9 Å². The van der Waals surface area contributed by atoms with Crippen molar-refractivity contribution in [3.05, 3.63) is 58.2 Å². The number of aromatic carboxylic acids is 1. The van der Waals surface area contributed by atoms with Crippen LogP contribution in [0.2, 0.25) is 5.02 Å². The van der Waals surface area contributed by atoms with Crippen LogP contribution in [-0.4, -0.2) is 22.0 Å². The highest BCUT2D eigenvalue weighted by Gasteiger charge is 2.10. The summed E-state index contributed by atoms with van der Waals surface area (Å²) in [4.78, 5) is 26.6. The van der Waals surface area contributed by atoms with Crippen molar-refractivity contribution in [3.8, 4) is 0 Å². The van der Waals surface area contributed by atoms with E-state index in [2.05, 4.69) is 10.3 Å². The number of rotatable bonds is 3. The number of carboxylic acids is 1. The second kappa shape index (κ2) is 5.71. The third-order valence-electron chi connectivity index (χ3n) is 2.64. The van der Waals surface area contributed by atoms with Gasteiger partial charge in [0.15, 0.2) is 5.69 Å². The van der Waals surface area contributed by atoms with Crippen LogP contribution in [0.4, 0.5) is 5.82 Å². The van der Waals surface area contributed by atoms with Gasteiger partial charge in [0.1, 0.15) is 5.82 Å². The zero-order valence-electron chi connectivity index (χ0n) is 10.6. The average Bonchev–Trinajstić information content (AvgIpc) is 2.42. The highest BCUT2D eigenvalue weighted by atomic mass is 35.5. The monoisotopic (exact) mass is 290 g/mol. The molecule has 2 N–H and O–H groups in total. The Bertz CT molecular complexity index is 686. The van der Waals surface area contributed by atoms with Gasteiger partial charge in [-0.25, -0.2) is 9.78 Å². The number of aromatic nitrogens is 1. The SMILES string of the molecule is Cc1ccc(C(=O)Nc2cccc(C(=O)O)n2)cc1Cl. The van der Waals surface area contributed by atoms with Crippen molar-refractivity contribution in [1.29, 1.82) is 0 Å². The molecule has 0 saturated heterocycles. The minimum atomic E-state index is -1.15. The molecule has 2 aromatic rings. The van der Waals surface area contributed by atoms with Crippen LogP contribution in [0.3, 0.4) is 0 Å². The first kappa shape index (κ1) is 14.0. The Morgan fingerprint density at radius 2 is 2.00 bits per heavy atom. The highest BCUT2D eigenvalue weighted by Crippen LogP contribution is 2.17. The standard InChI is InChI=1S/C14H11ClN2O3/c1-8-5-6-9(7-10(8)15)13(18)17-12-4-2-3-11(16-12)14(19)20/h2-7H,1H3,(H,19,20)(H,16,17,18). The van der Waals surface area contributed by atoms with Gasteiger partial charge in [0, 0.05) is 10.6 Å². The molecule has 20 heavy (non-hydrogen) atoms. The topological polar surface area (TPSA) is 79.3 Å². The number of hydrogen-bond donors (Lipinski definition) is 2. The van der Waals surface area contributed by atoms with E-state index in [4.69, 9.17) is 16.7 Å². The molecule has 0 aliphatic carbocycles. The maximum absolute atomic E-state index is 12.0. The van der Waals surface area contributed by atoms with E-state index in [0.717, 1.165) is 5.56 Å². The molecule has 5 nitrogen and oxygen atoms in total. The lowest BCUT2D eigenvalue weighted by Gasteiger charge is -2.06. The van der Waals surface area contributed by atoms with Crippen LogP contribution in [-0.2, 0) is 0 Å². The largest absolute Gasteiger partial charge is 0.477 e. The van der Waals surface area contributed by atoms with Gasteiger partial charge in [-0.15, -0.1) is 0 Å². The quantitative estimate of drug-likeness (QED) is 0.911. The fourth-order valence-electron chi connectivity index (χ4n) is 1.55. The van der Waals surface area contributed by atoms with E-state index in [-0.39, 0.29) is 11.5 Å². The lowest BCUT2D eigenvalue weighted by molar-refractivity contribution is 0.0690. The summed E-state index contributed by atoms with van der Waals surface area (Å²) in [5, 5.41) is 11.9. The van der Waals surface area contributed by atoms with Gasteiger partial charge in [0.25, 0.3) is 5.91 Å². The Balaban J connectivity index is 2.21. The number of nitrogens with zero attached hydrogens (tertiary/aromatic N) is 1. The van der Waals surface area contributed by atoms with Crippen molar-refractivity contribution in [2.24, 2.45) is 0 Å². The molecule has 0 aliphatic heterocycles. The summed E-state index contributed by atoms with van der Waals surface area (Å²) in [5.74, 6) is -1.38. The number of nitrogens with one attached hydrogen (secondary N) is 1. The molecule has 6 heteroatoms. The van der Waals surface area contributed by atoms with Gasteiger partial charge >= 0.3 is 5.97 Å². The van der Waals surface area contributed by atoms with Crippen molar-refractivity contribution in [1.82, 2.24) is 4.98 Å². The molecule has 0 unspecified atom stereocenters. The molecule has 0 bridgehead atoms. The molecule has 0 aliphatic rings. The summed E-state index contributed by atoms with van der Waals surface area (Å²) in [7, 11) is 0. The maximum atomic E-state index is 12.0. The first-order valence-electron chi connectivity index (χ1n) is 5.75. The molecular formula is C14H11ClN2O3. The first-order chi connectivity index (χ1) is 9.47. The van der Waals surface area contributed by atoms with Gasteiger partial charge < -0.3 is 10.4 Å². The third kappa shape index (κ3) is 3.13. The number of aryl methyl sites for hydroxylation is 1. The number of carboxylic acid groups (broad SMARTS) is 1. The van der Waals surface area contributed by atoms with Crippen LogP contribution in [0, 0.1) is 6.92 Å². The van der Waals surface area contributed by atoms with Gasteiger partial charge in [-0.1, -0.05) is 23.7 Å². The van der Waals surface area contributed by atoms with E-state index in [1.54, 1.807) is 18.2 Å². The van der Waals surface area contributed by atoms with Crippen LogP contribution >= 0.6 is 11.6 Å². The summed E-state index contributed by atoms with van der Waals surface area (Å²) in [6.45, 7) is 1.84. The van der Waals surface area contributed by atoms with E-state index in [0.29, 0.717) is 10.6 Å². The second-order valence-electron chi connectivity index (χ2n) is 4.13. The lowest BCUT2D eigenvalue weighted by atomic mass is 10.1. The van der Waals surface area contributed by atoms with Crippen LogP contribution in [0.5, 0.6) is 0 Å². The van der Waals surface area contributed by atoms with Crippen LogP contribution < -0.4 is 5.32 Å². The number of halogens is 1. The average molecular weight is 291 g/mol. The molecule has 0 saturated carbocycles. The van der Waals surface area contributed by atoms with Gasteiger partial charge in [0.05, 0.1) is 0 Å². The molecule has 1 amide bonds. The number of amides is 1. The second-order valence-corrected chi connectivity index (χ2v) is 4.54. The number of carbonyl (C=O) groups excluding carboxylic acids is 1. The number of hydrogen-bond acceptors (Lipinski definition) is 3. The number of anilines is 1. The van der Waals surface area contributed by atoms with E-state index in [1.807, 2.05) is 6.92 Å². The van der Waals surface area contributed by atoms with Crippen molar-refractivity contribution in [3.63, 3.8) is 0 Å². The molecule has 0 spiro atoms. The summed E-state index contributed by atoms with van der Waals surface area (Å²) in [6.07, 6.45) is 0. The Morgan fingerprint density at radius 1 is 1.25 bits per heavy atom. The zero-order chi connectivity index (χ0) is 14.7. The molecule has 102 valence electrons. The number of carbonyl (C=O) groups is 2. The van der Waals surface area contributed by atoms with Crippen molar-refractivity contribution < 1.29 is 14.7 Å². The predicted octanol–water partition coefficient (Wildman–Crippen LogP) is 2.99. The Hall–Kier alpha value is -2.40. The minimum absolute atomic E-state index is 0.135. The molecule has 1 aromatic carbocycles.